The number of primary amides is 1. The van der Waals surface area contributed by atoms with Crippen molar-refractivity contribution >= 4 is 34.9 Å². The fraction of sp³-hybridized carbons (Fsp3) is 0.360. The minimum absolute atomic E-state index is 0.140. The second-order valence-corrected chi connectivity index (χ2v) is 9.93. The number of benzene rings is 1. The number of piperidine rings is 1. The minimum atomic E-state index is -0.530. The van der Waals surface area contributed by atoms with Crippen LogP contribution in [0.2, 0.25) is 5.02 Å². The van der Waals surface area contributed by atoms with E-state index in [-0.39, 0.29) is 6.10 Å². The molecule has 3 heterocycles. The normalized spacial score (nSPS) is 16.8. The quantitative estimate of drug-likeness (QED) is 0.482. The fourth-order valence-electron chi connectivity index (χ4n) is 4.37. The van der Waals surface area contributed by atoms with Crippen molar-refractivity contribution in [3.63, 3.8) is 0 Å². The molecule has 1 aliphatic carbocycles. The average molecular weight is 499 g/mol. The zero-order valence-electron chi connectivity index (χ0n) is 18.9. The van der Waals surface area contributed by atoms with E-state index >= 15 is 0 Å². The van der Waals surface area contributed by atoms with Crippen LogP contribution in [-0.4, -0.2) is 34.7 Å². The molecule has 1 amide bonds. The molecule has 1 fully saturated rings. The highest BCUT2D eigenvalue weighted by atomic mass is 35.5. The number of fused-ring (bicyclic) bond motifs is 1. The molecule has 1 saturated heterocycles. The van der Waals surface area contributed by atoms with Crippen LogP contribution in [-0.2, 0) is 6.42 Å². The molecular formula is C25H27ClN4O3S. The predicted octanol–water partition coefficient (Wildman–Crippen LogP) is 4.92. The number of halogens is 1. The van der Waals surface area contributed by atoms with Crippen molar-refractivity contribution in [1.82, 2.24) is 14.9 Å². The molecule has 2 aliphatic rings. The van der Waals surface area contributed by atoms with Crippen LogP contribution in [0.1, 0.15) is 58.9 Å². The molecule has 1 unspecified atom stereocenters. The Morgan fingerprint density at radius 1 is 1.32 bits per heavy atom. The van der Waals surface area contributed by atoms with E-state index in [2.05, 4.69) is 22.5 Å². The molecule has 9 heteroatoms. The Morgan fingerprint density at radius 3 is 2.94 bits per heavy atom. The molecule has 34 heavy (non-hydrogen) atoms. The summed E-state index contributed by atoms with van der Waals surface area (Å²) < 4.78 is 14.4. The zero-order chi connectivity index (χ0) is 23.7. The number of rotatable bonds is 7. The molecule has 178 valence electrons. The van der Waals surface area contributed by atoms with Gasteiger partial charge in [0.15, 0.2) is 0 Å². The van der Waals surface area contributed by atoms with Crippen LogP contribution in [0.15, 0.2) is 36.7 Å². The van der Waals surface area contributed by atoms with Gasteiger partial charge in [-0.05, 0) is 57.8 Å². The van der Waals surface area contributed by atoms with Gasteiger partial charge in [0, 0.05) is 11.6 Å². The van der Waals surface area contributed by atoms with Gasteiger partial charge in [0.2, 0.25) is 0 Å². The Morgan fingerprint density at radius 2 is 2.15 bits per heavy atom. The Balaban J connectivity index is 1.40. The summed E-state index contributed by atoms with van der Waals surface area (Å²) in [6, 6.07) is 7.55. The van der Waals surface area contributed by atoms with E-state index in [1.54, 1.807) is 6.33 Å². The van der Waals surface area contributed by atoms with E-state index in [1.165, 1.54) is 11.3 Å². The molecule has 0 saturated carbocycles. The van der Waals surface area contributed by atoms with Gasteiger partial charge < -0.3 is 20.5 Å². The van der Waals surface area contributed by atoms with Crippen LogP contribution in [0.25, 0.3) is 11.1 Å². The van der Waals surface area contributed by atoms with Crippen LogP contribution >= 0.6 is 22.9 Å². The summed E-state index contributed by atoms with van der Waals surface area (Å²) in [5.74, 6) is 0.555. The van der Waals surface area contributed by atoms with Crippen LogP contribution in [0.3, 0.4) is 0 Å². The van der Waals surface area contributed by atoms with E-state index in [4.69, 9.17) is 26.8 Å². The van der Waals surface area contributed by atoms with E-state index in [0.717, 1.165) is 60.7 Å². The highest BCUT2D eigenvalue weighted by Crippen LogP contribution is 2.39. The van der Waals surface area contributed by atoms with E-state index in [1.807, 2.05) is 35.8 Å². The Hall–Kier alpha value is -2.81. The monoisotopic (exact) mass is 498 g/mol. The topological polar surface area (TPSA) is 91.4 Å². The summed E-state index contributed by atoms with van der Waals surface area (Å²) in [6.45, 7) is 3.78. The van der Waals surface area contributed by atoms with Crippen molar-refractivity contribution in [1.29, 1.82) is 0 Å². The lowest BCUT2D eigenvalue weighted by Gasteiger charge is -2.25. The first-order valence-corrected chi connectivity index (χ1v) is 12.7. The smallest absolute Gasteiger partial charge is 0.262 e. The largest absolute Gasteiger partial charge is 0.489 e. The molecule has 3 N–H and O–H groups in total. The van der Waals surface area contributed by atoms with Crippen molar-refractivity contribution in [3.8, 4) is 16.5 Å². The summed E-state index contributed by atoms with van der Waals surface area (Å²) in [4.78, 5) is 17.1. The van der Waals surface area contributed by atoms with Crippen LogP contribution in [0.4, 0.5) is 0 Å². The molecule has 3 aromatic rings. The summed E-state index contributed by atoms with van der Waals surface area (Å²) in [7, 11) is 0. The summed E-state index contributed by atoms with van der Waals surface area (Å²) in [5, 5.41) is 4.69. The van der Waals surface area contributed by atoms with Crippen molar-refractivity contribution in [3.05, 3.63) is 63.5 Å². The Labute approximate surface area is 207 Å². The number of amides is 1. The number of carbonyl (C=O) groups is 1. The number of imidazole rings is 1. The molecular weight excluding hydrogens is 472 g/mol. The molecule has 1 aliphatic heterocycles. The highest BCUT2D eigenvalue weighted by Gasteiger charge is 2.24. The third-order valence-corrected chi connectivity index (χ3v) is 7.70. The zero-order valence-corrected chi connectivity index (χ0v) is 20.5. The molecule has 2 aromatic heterocycles. The van der Waals surface area contributed by atoms with E-state index < -0.39 is 12.0 Å². The molecule has 0 spiro atoms. The number of ether oxygens (including phenoxy) is 2. The summed E-state index contributed by atoms with van der Waals surface area (Å²) >= 11 is 8.02. The van der Waals surface area contributed by atoms with Crippen molar-refractivity contribution < 1.29 is 14.3 Å². The number of aromatic nitrogens is 2. The molecule has 5 rings (SSSR count). The number of aryl methyl sites for hydroxylation is 1. The maximum atomic E-state index is 12.2. The lowest BCUT2D eigenvalue weighted by Crippen LogP contribution is -2.34. The Kier molecular flexibility index (Phi) is 6.63. The van der Waals surface area contributed by atoms with E-state index in [9.17, 15) is 4.79 Å². The highest BCUT2D eigenvalue weighted by molar-refractivity contribution is 7.16. The first-order chi connectivity index (χ1) is 16.5. The van der Waals surface area contributed by atoms with Gasteiger partial charge >= 0.3 is 0 Å². The second-order valence-electron chi connectivity index (χ2n) is 8.52. The lowest BCUT2D eigenvalue weighted by atomic mass is 10.1. The van der Waals surface area contributed by atoms with Gasteiger partial charge in [0.05, 0.1) is 16.4 Å². The van der Waals surface area contributed by atoms with Gasteiger partial charge in [-0.2, -0.15) is 0 Å². The predicted molar refractivity (Wildman–Crippen MR) is 134 cm³/mol. The number of hydrogen-bond donors (Lipinski definition) is 2. The van der Waals surface area contributed by atoms with Crippen molar-refractivity contribution in [2.75, 3.05) is 13.1 Å². The number of thiophene rings is 1. The second kappa shape index (κ2) is 9.82. The lowest BCUT2D eigenvalue weighted by molar-refractivity contribution is 0.0998. The minimum Gasteiger partial charge on any atom is -0.489 e. The van der Waals surface area contributed by atoms with E-state index in [0.29, 0.717) is 21.4 Å². The third kappa shape index (κ3) is 4.58. The maximum absolute atomic E-state index is 12.2. The van der Waals surface area contributed by atoms with Gasteiger partial charge in [-0.25, -0.2) is 4.98 Å². The molecule has 1 atom stereocenters. The van der Waals surface area contributed by atoms with Crippen molar-refractivity contribution in [2.24, 2.45) is 5.73 Å². The average Bonchev–Trinajstić information content (AvgIpc) is 3.45. The first-order valence-electron chi connectivity index (χ1n) is 11.5. The van der Waals surface area contributed by atoms with Gasteiger partial charge in [0.1, 0.15) is 39.9 Å². The van der Waals surface area contributed by atoms with Crippen LogP contribution in [0, 0.1) is 0 Å². The number of allylic oxidation sites excluding steroid dienone is 1. The Bertz CT molecular complexity index is 1230. The first kappa shape index (κ1) is 23.0. The molecule has 0 bridgehead atoms. The number of hydrogen-bond acceptors (Lipinski definition) is 6. The maximum Gasteiger partial charge on any atom is 0.262 e. The van der Waals surface area contributed by atoms with Gasteiger partial charge in [-0.15, -0.1) is 11.3 Å². The van der Waals surface area contributed by atoms with Crippen LogP contribution in [0.5, 0.6) is 11.5 Å². The molecule has 7 nitrogen and oxygen atoms in total. The van der Waals surface area contributed by atoms with Gasteiger partial charge in [-0.3, -0.25) is 9.36 Å². The SMILES string of the molecule is CC(Oc1cc(-n2cnc3c2C=CCC3)sc1C(N)=O)c1cccc(OC2CCNCC2)c1Cl. The number of nitrogens with zero attached hydrogens (tertiary/aromatic N) is 2. The van der Waals surface area contributed by atoms with Crippen molar-refractivity contribution in [2.45, 2.75) is 44.8 Å². The van der Waals surface area contributed by atoms with Gasteiger partial charge in [-0.1, -0.05) is 29.8 Å². The summed E-state index contributed by atoms with van der Waals surface area (Å²) in [6.07, 6.45) is 9.47. The molecule has 1 aromatic carbocycles. The third-order valence-electron chi connectivity index (χ3n) is 6.17. The molecule has 0 radical (unpaired) electrons. The van der Waals surface area contributed by atoms with Crippen LogP contribution < -0.4 is 20.5 Å². The summed E-state index contributed by atoms with van der Waals surface area (Å²) in [5.41, 5.74) is 8.55. The number of carbonyl (C=O) groups excluding carboxylic acids is 1. The number of nitrogens with two attached hydrogens (primary N) is 1. The fourth-order valence-corrected chi connectivity index (χ4v) is 5.63. The standard InChI is InChI=1S/C25H27ClN4O3S/c1-15(17-5-4-8-20(23(17)26)33-16-9-11-28-12-10-16)32-21-13-22(34-24(21)25(27)31)30-14-29-18-6-2-3-7-19(18)30/h3-5,7-8,13-16,28H,2,6,9-12H2,1H3,(H2,27,31). The van der Waals surface area contributed by atoms with Gasteiger partial charge in [0.25, 0.3) is 5.91 Å². The number of nitrogens with one attached hydrogen (secondary N) is 1.